The van der Waals surface area contributed by atoms with Gasteiger partial charge in [-0.3, -0.25) is 0 Å². The minimum Gasteiger partial charge on any atom is -0.348 e. The number of hydrogen-bond donors (Lipinski definition) is 2. The standard InChI is InChI=1S/C27H27N9.ClH/c1-17-10-20(3-2-19(17)11-18-8-9-35-25(12-18)30-16-32-35)33-27-26-23(29-15-31-27)6-7-24(34-26)36-21-4-5-22(36)14-28-13-21;/h2-3,6-10,12,15-16,21-22,28H,4-5,11,13-14H2,1H3,(H,29,31,33);1H. The number of nitrogens with one attached hydrogen (secondary N) is 2. The van der Waals surface area contributed by atoms with Crippen LogP contribution in [0.4, 0.5) is 17.3 Å². The molecule has 2 fully saturated rings. The van der Waals surface area contributed by atoms with Gasteiger partial charge in [0, 0.05) is 37.1 Å². The lowest BCUT2D eigenvalue weighted by molar-refractivity contribution is 0.481. The largest absolute Gasteiger partial charge is 0.348 e. The first kappa shape index (κ1) is 23.6. The lowest BCUT2D eigenvalue weighted by Gasteiger charge is -2.36. The summed E-state index contributed by atoms with van der Waals surface area (Å²) < 4.78 is 1.78. The van der Waals surface area contributed by atoms with Gasteiger partial charge in [0.25, 0.3) is 0 Å². The van der Waals surface area contributed by atoms with Crippen molar-refractivity contribution in [2.45, 2.75) is 38.3 Å². The minimum absolute atomic E-state index is 0. The van der Waals surface area contributed by atoms with Crippen LogP contribution in [-0.4, -0.2) is 54.7 Å². The second-order valence-electron chi connectivity index (χ2n) is 9.75. The number of aryl methyl sites for hydroxylation is 1. The van der Waals surface area contributed by atoms with Crippen molar-refractivity contribution < 1.29 is 0 Å². The van der Waals surface area contributed by atoms with Crippen LogP contribution in [0.15, 0.2) is 61.3 Å². The first-order valence-corrected chi connectivity index (χ1v) is 12.5. The average Bonchev–Trinajstić information content (AvgIpc) is 3.46. The Morgan fingerprint density at radius 3 is 2.68 bits per heavy atom. The molecule has 2 aliphatic heterocycles. The summed E-state index contributed by atoms with van der Waals surface area (Å²) in [5.74, 6) is 1.75. The van der Waals surface area contributed by atoms with E-state index in [4.69, 9.17) is 4.98 Å². The zero-order valence-electron chi connectivity index (χ0n) is 20.5. The topological polar surface area (TPSA) is 96.2 Å². The highest BCUT2D eigenvalue weighted by Crippen LogP contribution is 2.33. The Labute approximate surface area is 220 Å². The van der Waals surface area contributed by atoms with Gasteiger partial charge >= 0.3 is 0 Å². The zero-order valence-corrected chi connectivity index (χ0v) is 21.3. The van der Waals surface area contributed by atoms with Gasteiger partial charge in [0.15, 0.2) is 11.5 Å². The molecule has 2 N–H and O–H groups in total. The Bertz CT molecular complexity index is 1570. The van der Waals surface area contributed by atoms with Crippen LogP contribution >= 0.6 is 12.4 Å². The molecule has 0 amide bonds. The molecule has 2 aliphatic rings. The van der Waals surface area contributed by atoms with E-state index in [1.165, 1.54) is 29.5 Å². The second-order valence-corrected chi connectivity index (χ2v) is 9.75. The third kappa shape index (κ3) is 4.34. The predicted octanol–water partition coefficient (Wildman–Crippen LogP) is 4.07. The van der Waals surface area contributed by atoms with Gasteiger partial charge in [-0.25, -0.2) is 24.5 Å². The first-order valence-electron chi connectivity index (χ1n) is 12.5. The summed E-state index contributed by atoms with van der Waals surface area (Å²) in [7, 11) is 0. The molecule has 0 spiro atoms. The van der Waals surface area contributed by atoms with Crippen LogP contribution in [0.1, 0.15) is 29.5 Å². The van der Waals surface area contributed by atoms with E-state index in [0.29, 0.717) is 12.1 Å². The SMILES string of the molecule is Cc1cc(Nc2ncnc3ccc(N4C5CCC4CNC5)nc23)ccc1Cc1ccn2ncnc2c1.Cl. The third-order valence-electron chi connectivity index (χ3n) is 7.46. The van der Waals surface area contributed by atoms with Crippen molar-refractivity contribution in [1.82, 2.24) is 34.9 Å². The molecule has 4 aromatic heterocycles. The van der Waals surface area contributed by atoms with Crippen molar-refractivity contribution in [1.29, 1.82) is 0 Å². The third-order valence-corrected chi connectivity index (χ3v) is 7.46. The summed E-state index contributed by atoms with van der Waals surface area (Å²) in [6.45, 7) is 4.18. The van der Waals surface area contributed by atoms with Crippen molar-refractivity contribution in [2.75, 3.05) is 23.3 Å². The van der Waals surface area contributed by atoms with Crippen LogP contribution in [-0.2, 0) is 6.42 Å². The Hall–Kier alpha value is -3.82. The normalized spacial score (nSPS) is 18.8. The van der Waals surface area contributed by atoms with Crippen LogP contribution in [0.25, 0.3) is 16.7 Å². The first-order chi connectivity index (χ1) is 17.7. The van der Waals surface area contributed by atoms with Crippen LogP contribution in [0.5, 0.6) is 0 Å². The Morgan fingerprint density at radius 2 is 1.84 bits per heavy atom. The van der Waals surface area contributed by atoms with Crippen molar-refractivity contribution in [2.24, 2.45) is 0 Å². The highest BCUT2D eigenvalue weighted by atomic mass is 35.5. The molecule has 0 saturated carbocycles. The molecular weight excluding hydrogens is 486 g/mol. The number of hydrogen-bond acceptors (Lipinski definition) is 8. The maximum atomic E-state index is 5.05. The molecule has 0 aliphatic carbocycles. The molecule has 1 aromatic carbocycles. The Balaban J connectivity index is 0.00000252. The monoisotopic (exact) mass is 513 g/mol. The van der Waals surface area contributed by atoms with E-state index in [1.54, 1.807) is 17.2 Å². The van der Waals surface area contributed by atoms with Gasteiger partial charge < -0.3 is 15.5 Å². The van der Waals surface area contributed by atoms with Crippen molar-refractivity contribution in [3.05, 3.63) is 78.0 Å². The Kier molecular flexibility index (Phi) is 6.10. The molecule has 0 radical (unpaired) electrons. The molecular formula is C27H28ClN9. The number of anilines is 3. The molecule has 188 valence electrons. The number of pyridine rings is 2. The molecule has 10 heteroatoms. The molecule has 6 heterocycles. The van der Waals surface area contributed by atoms with E-state index in [1.807, 2.05) is 6.20 Å². The maximum absolute atomic E-state index is 5.05. The van der Waals surface area contributed by atoms with E-state index < -0.39 is 0 Å². The van der Waals surface area contributed by atoms with Crippen molar-refractivity contribution in [3.8, 4) is 0 Å². The van der Waals surface area contributed by atoms with E-state index >= 15 is 0 Å². The fourth-order valence-electron chi connectivity index (χ4n) is 5.61. The number of nitrogens with zero attached hydrogens (tertiary/aromatic N) is 7. The van der Waals surface area contributed by atoms with Gasteiger partial charge in [0.05, 0.1) is 5.52 Å². The van der Waals surface area contributed by atoms with E-state index in [9.17, 15) is 0 Å². The summed E-state index contributed by atoms with van der Waals surface area (Å²) in [5, 5.41) is 11.2. The molecule has 37 heavy (non-hydrogen) atoms. The molecule has 5 aromatic rings. The number of halogens is 1. The zero-order chi connectivity index (χ0) is 24.1. The number of piperazine rings is 1. The lowest BCUT2D eigenvalue weighted by atomic mass is 10.0. The fraction of sp³-hybridized carbons (Fsp3) is 0.296. The summed E-state index contributed by atoms with van der Waals surface area (Å²) in [6.07, 6.45) is 8.40. The van der Waals surface area contributed by atoms with Crippen molar-refractivity contribution in [3.63, 3.8) is 0 Å². The summed E-state index contributed by atoms with van der Waals surface area (Å²) >= 11 is 0. The molecule has 9 nitrogen and oxygen atoms in total. The lowest BCUT2D eigenvalue weighted by Crippen LogP contribution is -2.52. The van der Waals surface area contributed by atoms with Gasteiger partial charge in [0.1, 0.15) is 24.0 Å². The van der Waals surface area contributed by atoms with Gasteiger partial charge in [-0.1, -0.05) is 6.07 Å². The molecule has 7 rings (SSSR count). The summed E-state index contributed by atoms with van der Waals surface area (Å²) in [4.78, 5) is 20.9. The predicted molar refractivity (Wildman–Crippen MR) is 147 cm³/mol. The highest BCUT2D eigenvalue weighted by molar-refractivity contribution is 5.88. The number of benzene rings is 1. The van der Waals surface area contributed by atoms with E-state index in [-0.39, 0.29) is 12.4 Å². The summed E-state index contributed by atoms with van der Waals surface area (Å²) in [6, 6.07) is 15.8. The second kappa shape index (κ2) is 9.57. The van der Waals surface area contributed by atoms with Crippen LogP contribution in [0.2, 0.25) is 0 Å². The fourth-order valence-corrected chi connectivity index (χ4v) is 5.61. The number of fused-ring (bicyclic) bond motifs is 4. The smallest absolute Gasteiger partial charge is 0.160 e. The highest BCUT2D eigenvalue weighted by Gasteiger charge is 2.37. The van der Waals surface area contributed by atoms with Crippen LogP contribution < -0.4 is 15.5 Å². The summed E-state index contributed by atoms with van der Waals surface area (Å²) in [5.41, 5.74) is 7.18. The maximum Gasteiger partial charge on any atom is 0.160 e. The number of aromatic nitrogens is 6. The average molecular weight is 514 g/mol. The van der Waals surface area contributed by atoms with E-state index in [2.05, 4.69) is 85.0 Å². The van der Waals surface area contributed by atoms with Crippen LogP contribution in [0.3, 0.4) is 0 Å². The molecule has 2 unspecified atom stereocenters. The Morgan fingerprint density at radius 1 is 0.973 bits per heavy atom. The van der Waals surface area contributed by atoms with Crippen LogP contribution in [0, 0.1) is 6.92 Å². The van der Waals surface area contributed by atoms with Gasteiger partial charge in [-0.2, -0.15) is 5.10 Å². The van der Waals surface area contributed by atoms with Crippen molar-refractivity contribution >= 4 is 46.4 Å². The van der Waals surface area contributed by atoms with Gasteiger partial charge in [0.2, 0.25) is 0 Å². The molecule has 2 atom stereocenters. The number of rotatable bonds is 5. The van der Waals surface area contributed by atoms with Gasteiger partial charge in [-0.05, 0) is 79.3 Å². The van der Waals surface area contributed by atoms with E-state index in [0.717, 1.165) is 53.5 Å². The quantitative estimate of drug-likeness (QED) is 0.363. The molecule has 2 bridgehead atoms. The molecule has 2 saturated heterocycles. The van der Waals surface area contributed by atoms with Gasteiger partial charge in [-0.15, -0.1) is 12.4 Å². The minimum atomic E-state index is 0.